The molecule has 0 bridgehead atoms. The molecule has 3 heteroatoms. The van der Waals surface area contributed by atoms with Gasteiger partial charge >= 0.3 is 45.9 Å². The van der Waals surface area contributed by atoms with E-state index in [4.69, 9.17) is 0 Å². The number of hydrogen-bond donors (Lipinski definition) is 0. The van der Waals surface area contributed by atoms with E-state index in [1.54, 1.807) is 5.07 Å². The molecule has 0 amide bonds. The van der Waals surface area contributed by atoms with Crippen molar-refractivity contribution in [2.45, 2.75) is 0 Å². The van der Waals surface area contributed by atoms with Crippen molar-refractivity contribution < 1.29 is 0 Å². The van der Waals surface area contributed by atoms with Gasteiger partial charge in [0.1, 0.15) is 0 Å². The standard InChI is InChI=1S/C4H3NOSe/c6-4-1-2-7-3-5-4/h1-3H. The minimum absolute atomic E-state index is 0.131. The molecule has 0 radical (unpaired) electrons. The Bertz CT molecular complexity index is 177. The van der Waals surface area contributed by atoms with Crippen molar-refractivity contribution in [3.8, 4) is 0 Å². The normalized spacial score (nSPS) is 8.57. The van der Waals surface area contributed by atoms with Gasteiger partial charge in [-0.1, -0.05) is 0 Å². The molecule has 2 nitrogen and oxygen atoms in total. The van der Waals surface area contributed by atoms with E-state index in [-0.39, 0.29) is 5.56 Å². The van der Waals surface area contributed by atoms with Gasteiger partial charge in [-0.15, -0.1) is 0 Å². The average Bonchev–Trinajstić information content (AvgIpc) is 1.69. The van der Waals surface area contributed by atoms with E-state index in [0.29, 0.717) is 14.5 Å². The number of hydrogen-bond acceptors (Lipinski definition) is 2. The molecular formula is C4H3NOSe. The zero-order valence-electron chi connectivity index (χ0n) is 3.50. The van der Waals surface area contributed by atoms with E-state index in [9.17, 15) is 4.79 Å². The van der Waals surface area contributed by atoms with E-state index >= 15 is 0 Å². The summed E-state index contributed by atoms with van der Waals surface area (Å²) in [5.74, 6) is 0. The molecule has 1 aromatic heterocycles. The van der Waals surface area contributed by atoms with Crippen LogP contribution < -0.4 is 5.56 Å². The number of rotatable bonds is 0. The first-order valence-corrected chi connectivity index (χ1v) is 3.76. The zero-order chi connectivity index (χ0) is 5.11. The summed E-state index contributed by atoms with van der Waals surface area (Å²) in [7, 11) is 0. The molecule has 36 valence electrons. The summed E-state index contributed by atoms with van der Waals surface area (Å²) in [6.45, 7) is 0. The molecule has 1 heterocycles. The van der Waals surface area contributed by atoms with Crippen LogP contribution in [0.15, 0.2) is 20.9 Å². The van der Waals surface area contributed by atoms with E-state index in [2.05, 4.69) is 4.98 Å². The van der Waals surface area contributed by atoms with Crippen molar-refractivity contribution in [1.82, 2.24) is 4.98 Å². The molecule has 0 fully saturated rings. The summed E-state index contributed by atoms with van der Waals surface area (Å²) in [4.78, 5) is 15.5. The fraction of sp³-hybridized carbons (Fsp3) is 0. The SMILES string of the molecule is O=c1cc[se]cn1. The van der Waals surface area contributed by atoms with Crippen molar-refractivity contribution >= 4 is 14.5 Å². The fourth-order valence-corrected chi connectivity index (χ4v) is 1.16. The third-order valence-electron chi connectivity index (χ3n) is 0.530. The molecule has 1 aromatic rings. The Labute approximate surface area is 46.6 Å². The van der Waals surface area contributed by atoms with Crippen molar-refractivity contribution in [1.29, 1.82) is 0 Å². The summed E-state index contributed by atoms with van der Waals surface area (Å²) in [5.41, 5.74) is -0.131. The Balaban J connectivity index is 3.28. The van der Waals surface area contributed by atoms with E-state index in [1.165, 1.54) is 6.07 Å². The van der Waals surface area contributed by atoms with Gasteiger partial charge in [0.2, 0.25) is 0 Å². The fourth-order valence-electron chi connectivity index (χ4n) is 0.258. The second-order valence-electron chi connectivity index (χ2n) is 1.01. The first-order chi connectivity index (χ1) is 3.39. The van der Waals surface area contributed by atoms with Crippen molar-refractivity contribution in [2.75, 3.05) is 0 Å². The Hall–Kier alpha value is -0.401. The summed E-state index contributed by atoms with van der Waals surface area (Å²) in [5, 5.41) is 1.66. The maximum absolute atomic E-state index is 10.2. The molecule has 7 heavy (non-hydrogen) atoms. The van der Waals surface area contributed by atoms with E-state index in [0.717, 1.165) is 0 Å². The van der Waals surface area contributed by atoms with Gasteiger partial charge in [-0.3, -0.25) is 0 Å². The van der Waals surface area contributed by atoms with E-state index < -0.39 is 0 Å². The minimum atomic E-state index is -0.131. The quantitative estimate of drug-likeness (QED) is 0.479. The van der Waals surface area contributed by atoms with E-state index in [1.807, 2.05) is 4.94 Å². The van der Waals surface area contributed by atoms with Crippen LogP contribution in [-0.4, -0.2) is 19.5 Å². The maximum atomic E-state index is 10.2. The van der Waals surface area contributed by atoms with Crippen LogP contribution in [0.2, 0.25) is 0 Å². The average molecular weight is 160 g/mol. The van der Waals surface area contributed by atoms with Gasteiger partial charge in [0, 0.05) is 0 Å². The van der Waals surface area contributed by atoms with Crippen LogP contribution in [0.5, 0.6) is 0 Å². The van der Waals surface area contributed by atoms with Gasteiger partial charge in [0.25, 0.3) is 0 Å². The van der Waals surface area contributed by atoms with Gasteiger partial charge in [-0.2, -0.15) is 0 Å². The summed E-state index contributed by atoms with van der Waals surface area (Å²) in [6, 6.07) is 1.50. The second kappa shape index (κ2) is 2.05. The molecule has 0 saturated carbocycles. The molecular weight excluding hydrogens is 157 g/mol. The zero-order valence-corrected chi connectivity index (χ0v) is 5.21. The van der Waals surface area contributed by atoms with Crippen LogP contribution in [0.4, 0.5) is 0 Å². The number of nitrogens with zero attached hydrogens (tertiary/aromatic N) is 1. The van der Waals surface area contributed by atoms with Gasteiger partial charge < -0.3 is 0 Å². The molecule has 0 saturated heterocycles. The molecule has 0 aliphatic rings. The third-order valence-corrected chi connectivity index (χ3v) is 1.62. The topological polar surface area (TPSA) is 30.0 Å². The second-order valence-corrected chi connectivity index (χ2v) is 2.60. The van der Waals surface area contributed by atoms with Crippen LogP contribution in [0.25, 0.3) is 0 Å². The first kappa shape index (κ1) is 4.75. The summed E-state index contributed by atoms with van der Waals surface area (Å²) < 4.78 is 0. The third kappa shape index (κ3) is 1.26. The van der Waals surface area contributed by atoms with Gasteiger partial charge in [-0.25, -0.2) is 0 Å². The van der Waals surface area contributed by atoms with Crippen LogP contribution in [0, 0.1) is 0 Å². The Kier molecular flexibility index (Phi) is 1.39. The number of aromatic nitrogens is 1. The molecule has 0 aliphatic heterocycles. The van der Waals surface area contributed by atoms with Crippen molar-refractivity contribution in [2.24, 2.45) is 0 Å². The van der Waals surface area contributed by atoms with Gasteiger partial charge in [0.05, 0.1) is 0 Å². The van der Waals surface area contributed by atoms with Crippen LogP contribution in [0.1, 0.15) is 0 Å². The molecule has 0 aliphatic carbocycles. The molecule has 0 atom stereocenters. The van der Waals surface area contributed by atoms with Gasteiger partial charge in [0.15, 0.2) is 0 Å². The predicted molar refractivity (Wildman–Crippen MR) is 27.4 cm³/mol. The predicted octanol–water partition coefficient (Wildman–Crippen LogP) is -0.501. The van der Waals surface area contributed by atoms with Crippen LogP contribution >= 0.6 is 0 Å². The Morgan fingerprint density at radius 2 is 2.57 bits per heavy atom. The Morgan fingerprint density at radius 1 is 1.71 bits per heavy atom. The van der Waals surface area contributed by atoms with Crippen LogP contribution in [0.3, 0.4) is 0 Å². The Morgan fingerprint density at radius 3 is 2.86 bits per heavy atom. The molecule has 0 N–H and O–H groups in total. The summed E-state index contributed by atoms with van der Waals surface area (Å²) >= 11 is 0.341. The van der Waals surface area contributed by atoms with Crippen LogP contribution in [-0.2, 0) is 0 Å². The first-order valence-electron chi connectivity index (χ1n) is 1.78. The molecule has 0 unspecified atom stereocenters. The molecule has 1 rings (SSSR count). The van der Waals surface area contributed by atoms with Gasteiger partial charge in [-0.05, 0) is 0 Å². The van der Waals surface area contributed by atoms with Crippen molar-refractivity contribution in [3.05, 3.63) is 26.4 Å². The van der Waals surface area contributed by atoms with Crippen molar-refractivity contribution in [3.63, 3.8) is 0 Å². The summed E-state index contributed by atoms with van der Waals surface area (Å²) in [6.07, 6.45) is 0. The molecule has 0 spiro atoms. The molecule has 0 aromatic carbocycles. The monoisotopic (exact) mass is 161 g/mol.